The van der Waals surface area contributed by atoms with E-state index in [1.165, 1.54) is 0 Å². The average Bonchev–Trinajstić information content (AvgIpc) is 2.86. The van der Waals surface area contributed by atoms with Gasteiger partial charge in [0.05, 0.1) is 22.4 Å². The Morgan fingerprint density at radius 1 is 1.41 bits per heavy atom. The van der Waals surface area contributed by atoms with E-state index in [4.69, 9.17) is 0 Å². The summed E-state index contributed by atoms with van der Waals surface area (Å²) in [4.78, 5) is 13.6. The van der Waals surface area contributed by atoms with E-state index >= 15 is 0 Å². The molecule has 0 aromatic carbocycles. The maximum absolute atomic E-state index is 11.6. The molecule has 1 aliphatic rings. The molecule has 1 amide bonds. The highest BCUT2D eigenvalue weighted by atomic mass is 79.9. The molecular formula is C12H18BrN3O. The third kappa shape index (κ3) is 2.39. The Kier molecular flexibility index (Phi) is 3.86. The zero-order valence-corrected chi connectivity index (χ0v) is 12.0. The number of carbonyl (C=O) groups is 1. The molecule has 1 fully saturated rings. The minimum atomic E-state index is 0.263. The van der Waals surface area contributed by atoms with Crippen molar-refractivity contribution in [2.75, 3.05) is 6.54 Å². The molecule has 1 aromatic heterocycles. The van der Waals surface area contributed by atoms with Crippen LogP contribution in [-0.4, -0.2) is 27.1 Å². The summed E-state index contributed by atoms with van der Waals surface area (Å²) in [5.74, 6) is 0.263. The molecule has 0 saturated carbocycles. The summed E-state index contributed by atoms with van der Waals surface area (Å²) < 4.78 is 3.07. The third-order valence-electron chi connectivity index (χ3n) is 3.21. The minimum absolute atomic E-state index is 0.263. The minimum Gasteiger partial charge on any atom is -0.337 e. The van der Waals surface area contributed by atoms with Crippen LogP contribution >= 0.6 is 15.9 Å². The van der Waals surface area contributed by atoms with E-state index in [0.717, 1.165) is 41.8 Å². The van der Waals surface area contributed by atoms with Gasteiger partial charge in [-0.1, -0.05) is 6.92 Å². The fourth-order valence-corrected chi connectivity index (χ4v) is 2.91. The largest absolute Gasteiger partial charge is 0.337 e. The Bertz CT molecular complexity index is 428. The number of aryl methyl sites for hydroxylation is 2. The van der Waals surface area contributed by atoms with Crippen molar-refractivity contribution in [3.05, 3.63) is 15.9 Å². The van der Waals surface area contributed by atoms with Crippen molar-refractivity contribution in [2.45, 2.75) is 46.2 Å². The van der Waals surface area contributed by atoms with Gasteiger partial charge in [-0.15, -0.1) is 0 Å². The van der Waals surface area contributed by atoms with Gasteiger partial charge in [0, 0.05) is 19.5 Å². The lowest BCUT2D eigenvalue weighted by atomic mass is 10.3. The molecule has 0 bridgehead atoms. The number of hydrogen-bond acceptors (Lipinski definition) is 2. The molecule has 1 saturated heterocycles. The monoisotopic (exact) mass is 299 g/mol. The molecule has 5 heteroatoms. The smallest absolute Gasteiger partial charge is 0.222 e. The van der Waals surface area contributed by atoms with Crippen molar-refractivity contribution in [1.82, 2.24) is 14.7 Å². The zero-order valence-electron chi connectivity index (χ0n) is 10.4. The molecule has 0 atom stereocenters. The van der Waals surface area contributed by atoms with Gasteiger partial charge < -0.3 is 4.90 Å². The first-order valence-electron chi connectivity index (χ1n) is 6.19. The fourth-order valence-electron chi connectivity index (χ4n) is 2.22. The van der Waals surface area contributed by atoms with Gasteiger partial charge in [-0.2, -0.15) is 5.10 Å². The van der Waals surface area contributed by atoms with Crippen LogP contribution in [-0.2, 0) is 24.3 Å². The molecule has 94 valence electrons. The highest BCUT2D eigenvalue weighted by Crippen LogP contribution is 2.25. The van der Waals surface area contributed by atoms with Crippen LogP contribution in [0.4, 0.5) is 0 Å². The van der Waals surface area contributed by atoms with E-state index in [9.17, 15) is 4.79 Å². The molecule has 0 N–H and O–H groups in total. The SMILES string of the molecule is CCc1nn(CC)c(CN2CCCC2=O)c1Br. The first-order chi connectivity index (χ1) is 8.17. The molecule has 2 rings (SSSR count). The van der Waals surface area contributed by atoms with Gasteiger partial charge in [-0.05, 0) is 35.7 Å². The Morgan fingerprint density at radius 2 is 2.18 bits per heavy atom. The summed E-state index contributed by atoms with van der Waals surface area (Å²) in [6.45, 7) is 6.57. The highest BCUT2D eigenvalue weighted by molar-refractivity contribution is 9.10. The second-order valence-corrected chi connectivity index (χ2v) is 5.09. The first-order valence-corrected chi connectivity index (χ1v) is 6.98. The molecule has 1 aromatic rings. The summed E-state index contributed by atoms with van der Waals surface area (Å²) in [5.41, 5.74) is 2.20. The number of likely N-dealkylation sites (tertiary alicyclic amines) is 1. The van der Waals surface area contributed by atoms with Gasteiger partial charge >= 0.3 is 0 Å². The fraction of sp³-hybridized carbons (Fsp3) is 0.667. The Labute approximate surface area is 110 Å². The molecule has 4 nitrogen and oxygen atoms in total. The van der Waals surface area contributed by atoms with Crippen LogP contribution in [0, 0.1) is 0 Å². The molecule has 2 heterocycles. The second-order valence-electron chi connectivity index (χ2n) is 4.30. The molecule has 0 aliphatic carbocycles. The van der Waals surface area contributed by atoms with Crippen LogP contribution in [0.3, 0.4) is 0 Å². The summed E-state index contributed by atoms with van der Waals surface area (Å²) in [5, 5.41) is 4.55. The van der Waals surface area contributed by atoms with Crippen LogP contribution in [0.5, 0.6) is 0 Å². The first kappa shape index (κ1) is 12.6. The normalized spacial score (nSPS) is 15.9. The Morgan fingerprint density at radius 3 is 2.71 bits per heavy atom. The number of aromatic nitrogens is 2. The van der Waals surface area contributed by atoms with Gasteiger partial charge in [0.15, 0.2) is 0 Å². The second kappa shape index (κ2) is 5.21. The molecule has 17 heavy (non-hydrogen) atoms. The van der Waals surface area contributed by atoms with Crippen LogP contribution in [0.1, 0.15) is 38.1 Å². The van der Waals surface area contributed by atoms with E-state index in [-0.39, 0.29) is 5.91 Å². The average molecular weight is 300 g/mol. The van der Waals surface area contributed by atoms with E-state index < -0.39 is 0 Å². The number of carbonyl (C=O) groups excluding carboxylic acids is 1. The summed E-state index contributed by atoms with van der Waals surface area (Å²) in [6, 6.07) is 0. The molecule has 1 aliphatic heterocycles. The van der Waals surface area contributed by atoms with Crippen LogP contribution < -0.4 is 0 Å². The Balaban J connectivity index is 2.24. The van der Waals surface area contributed by atoms with Crippen molar-refractivity contribution < 1.29 is 4.79 Å². The highest BCUT2D eigenvalue weighted by Gasteiger charge is 2.23. The quantitative estimate of drug-likeness (QED) is 0.856. The summed E-state index contributed by atoms with van der Waals surface area (Å²) in [6.07, 6.45) is 2.59. The van der Waals surface area contributed by atoms with Crippen molar-refractivity contribution in [1.29, 1.82) is 0 Å². The van der Waals surface area contributed by atoms with E-state index in [1.54, 1.807) is 0 Å². The third-order valence-corrected chi connectivity index (χ3v) is 4.12. The van der Waals surface area contributed by atoms with Gasteiger partial charge in [0.25, 0.3) is 0 Å². The predicted octanol–water partition coefficient (Wildman–Crippen LogP) is 2.35. The van der Waals surface area contributed by atoms with Crippen molar-refractivity contribution >= 4 is 21.8 Å². The lowest BCUT2D eigenvalue weighted by molar-refractivity contribution is -0.128. The van der Waals surface area contributed by atoms with Gasteiger partial charge in [0.2, 0.25) is 5.91 Å². The molecule has 0 spiro atoms. The molecule has 0 radical (unpaired) electrons. The van der Waals surface area contributed by atoms with E-state index in [1.807, 2.05) is 9.58 Å². The maximum atomic E-state index is 11.6. The van der Waals surface area contributed by atoms with E-state index in [2.05, 4.69) is 34.9 Å². The van der Waals surface area contributed by atoms with Crippen molar-refractivity contribution in [2.24, 2.45) is 0 Å². The number of nitrogens with zero attached hydrogens (tertiary/aromatic N) is 3. The summed E-state index contributed by atoms with van der Waals surface area (Å²) >= 11 is 3.61. The number of rotatable bonds is 4. The van der Waals surface area contributed by atoms with Crippen molar-refractivity contribution in [3.8, 4) is 0 Å². The topological polar surface area (TPSA) is 38.1 Å². The van der Waals surface area contributed by atoms with Crippen molar-refractivity contribution in [3.63, 3.8) is 0 Å². The zero-order chi connectivity index (χ0) is 12.4. The standard InChI is InChI=1S/C12H18BrN3O/c1-3-9-12(13)10(16(4-2)14-9)8-15-7-5-6-11(15)17/h3-8H2,1-2H3. The lowest BCUT2D eigenvalue weighted by Gasteiger charge is -2.16. The Hall–Kier alpha value is -0.840. The number of hydrogen-bond donors (Lipinski definition) is 0. The molecular weight excluding hydrogens is 282 g/mol. The van der Waals surface area contributed by atoms with Crippen LogP contribution in [0.25, 0.3) is 0 Å². The molecule has 0 unspecified atom stereocenters. The van der Waals surface area contributed by atoms with Gasteiger partial charge in [-0.25, -0.2) is 0 Å². The predicted molar refractivity (Wildman–Crippen MR) is 69.6 cm³/mol. The summed E-state index contributed by atoms with van der Waals surface area (Å²) in [7, 11) is 0. The lowest BCUT2D eigenvalue weighted by Crippen LogP contribution is -2.25. The van der Waals surface area contributed by atoms with Crippen LogP contribution in [0.15, 0.2) is 4.47 Å². The van der Waals surface area contributed by atoms with E-state index in [0.29, 0.717) is 13.0 Å². The maximum Gasteiger partial charge on any atom is 0.222 e. The number of amides is 1. The van der Waals surface area contributed by atoms with Crippen LogP contribution in [0.2, 0.25) is 0 Å². The number of halogens is 1. The van der Waals surface area contributed by atoms with Gasteiger partial charge in [0.1, 0.15) is 0 Å². The van der Waals surface area contributed by atoms with Gasteiger partial charge in [-0.3, -0.25) is 9.48 Å².